The summed E-state index contributed by atoms with van der Waals surface area (Å²) in [5.41, 5.74) is 0.456. The lowest BCUT2D eigenvalue weighted by molar-refractivity contribution is 0.0526. The first-order valence-corrected chi connectivity index (χ1v) is 8.03. The molecule has 22 heavy (non-hydrogen) atoms. The van der Waals surface area contributed by atoms with Crippen molar-refractivity contribution in [3.63, 3.8) is 0 Å². The number of nitrogens with one attached hydrogen (secondary N) is 1. The maximum Gasteiger partial charge on any atom is 0.339 e. The normalized spacial score (nSPS) is 10.1. The third kappa shape index (κ3) is 4.87. The van der Waals surface area contributed by atoms with Gasteiger partial charge in [-0.1, -0.05) is 18.2 Å². The molecule has 0 atom stereocenters. The number of hydrogen-bond donors (Lipinski definition) is 1. The van der Waals surface area contributed by atoms with Gasteiger partial charge in [0.1, 0.15) is 18.2 Å². The standard InChI is InChI=1S/C16H17IN2O3/c1-2-21-16(20)12-10-14(17)15(19-11-12)18-8-9-22-13-6-4-3-5-7-13/h3-7,10-11H,2,8-9H2,1H3,(H,18,19). The lowest BCUT2D eigenvalue weighted by Crippen LogP contribution is -2.14. The van der Waals surface area contributed by atoms with Crippen molar-refractivity contribution in [2.45, 2.75) is 6.92 Å². The van der Waals surface area contributed by atoms with Crippen molar-refractivity contribution >= 4 is 34.4 Å². The molecule has 0 unspecified atom stereocenters. The summed E-state index contributed by atoms with van der Waals surface area (Å²) >= 11 is 2.14. The second-order valence-corrected chi connectivity index (χ2v) is 5.53. The quantitative estimate of drug-likeness (QED) is 0.430. The first kappa shape index (κ1) is 16.5. The van der Waals surface area contributed by atoms with Crippen LogP contribution in [-0.4, -0.2) is 30.7 Å². The highest BCUT2D eigenvalue weighted by atomic mass is 127. The number of hydrogen-bond acceptors (Lipinski definition) is 5. The van der Waals surface area contributed by atoms with Crippen molar-refractivity contribution in [3.8, 4) is 5.75 Å². The molecule has 0 saturated heterocycles. The number of esters is 1. The van der Waals surface area contributed by atoms with Crippen LogP contribution in [0.3, 0.4) is 0 Å². The Kier molecular flexibility index (Phi) is 6.45. The Bertz CT molecular complexity index is 620. The summed E-state index contributed by atoms with van der Waals surface area (Å²) in [7, 11) is 0. The van der Waals surface area contributed by atoms with Gasteiger partial charge < -0.3 is 14.8 Å². The number of anilines is 1. The molecule has 116 valence electrons. The number of nitrogens with zero attached hydrogens (tertiary/aromatic N) is 1. The molecule has 0 radical (unpaired) electrons. The molecule has 6 heteroatoms. The van der Waals surface area contributed by atoms with E-state index >= 15 is 0 Å². The average Bonchev–Trinajstić information content (AvgIpc) is 2.54. The van der Waals surface area contributed by atoms with Crippen LogP contribution in [0.1, 0.15) is 17.3 Å². The molecule has 0 aliphatic rings. The van der Waals surface area contributed by atoms with E-state index in [-0.39, 0.29) is 5.97 Å². The fourth-order valence-electron chi connectivity index (χ4n) is 1.75. The molecule has 0 aliphatic carbocycles. The Hall–Kier alpha value is -1.83. The van der Waals surface area contributed by atoms with Gasteiger partial charge in [0.25, 0.3) is 0 Å². The Labute approximate surface area is 143 Å². The third-order valence-electron chi connectivity index (χ3n) is 2.76. The zero-order chi connectivity index (χ0) is 15.8. The number of pyridine rings is 1. The second kappa shape index (κ2) is 8.57. The molecule has 2 aromatic rings. The highest BCUT2D eigenvalue weighted by Crippen LogP contribution is 2.17. The molecule has 1 heterocycles. The average molecular weight is 412 g/mol. The Morgan fingerprint density at radius 2 is 2.09 bits per heavy atom. The van der Waals surface area contributed by atoms with Crippen LogP contribution in [0.4, 0.5) is 5.82 Å². The van der Waals surface area contributed by atoms with Gasteiger partial charge in [0.05, 0.1) is 22.3 Å². The molecule has 0 bridgehead atoms. The molecule has 5 nitrogen and oxygen atoms in total. The van der Waals surface area contributed by atoms with Crippen molar-refractivity contribution in [2.24, 2.45) is 0 Å². The lowest BCUT2D eigenvalue weighted by atomic mass is 10.3. The Morgan fingerprint density at radius 3 is 2.77 bits per heavy atom. The number of aromatic nitrogens is 1. The zero-order valence-electron chi connectivity index (χ0n) is 12.2. The number of para-hydroxylation sites is 1. The number of carbonyl (C=O) groups excluding carboxylic acids is 1. The highest BCUT2D eigenvalue weighted by Gasteiger charge is 2.10. The fraction of sp³-hybridized carbons (Fsp3) is 0.250. The third-order valence-corrected chi connectivity index (χ3v) is 3.58. The van der Waals surface area contributed by atoms with Gasteiger partial charge in [-0.05, 0) is 47.7 Å². The number of carbonyl (C=O) groups is 1. The van der Waals surface area contributed by atoms with Crippen LogP contribution in [0.2, 0.25) is 0 Å². The van der Waals surface area contributed by atoms with Crippen molar-refractivity contribution in [3.05, 3.63) is 51.7 Å². The largest absolute Gasteiger partial charge is 0.492 e. The Balaban J connectivity index is 1.84. The first-order chi connectivity index (χ1) is 10.7. The first-order valence-electron chi connectivity index (χ1n) is 6.95. The van der Waals surface area contributed by atoms with Crippen molar-refractivity contribution in [2.75, 3.05) is 25.1 Å². The molecule has 2 rings (SSSR count). The van der Waals surface area contributed by atoms with Gasteiger partial charge in [-0.15, -0.1) is 0 Å². The van der Waals surface area contributed by atoms with E-state index < -0.39 is 0 Å². The fourth-order valence-corrected chi connectivity index (χ4v) is 2.41. The molecule has 1 aromatic carbocycles. The van der Waals surface area contributed by atoms with E-state index in [1.54, 1.807) is 13.0 Å². The van der Waals surface area contributed by atoms with Gasteiger partial charge in [0.2, 0.25) is 0 Å². The van der Waals surface area contributed by atoms with Crippen LogP contribution < -0.4 is 10.1 Å². The Morgan fingerprint density at radius 1 is 1.32 bits per heavy atom. The van der Waals surface area contributed by atoms with E-state index in [4.69, 9.17) is 9.47 Å². The molecule has 1 N–H and O–H groups in total. The molecular formula is C16H17IN2O3. The van der Waals surface area contributed by atoms with E-state index in [0.29, 0.717) is 25.3 Å². The van der Waals surface area contributed by atoms with E-state index in [1.807, 2.05) is 30.3 Å². The van der Waals surface area contributed by atoms with Crippen LogP contribution in [0, 0.1) is 3.57 Å². The van der Waals surface area contributed by atoms with Gasteiger partial charge in [-0.3, -0.25) is 0 Å². The number of benzene rings is 1. The summed E-state index contributed by atoms with van der Waals surface area (Å²) in [5.74, 6) is 1.21. The number of rotatable bonds is 7. The molecule has 1 aromatic heterocycles. The SMILES string of the molecule is CCOC(=O)c1cnc(NCCOc2ccccc2)c(I)c1. The second-order valence-electron chi connectivity index (χ2n) is 4.36. The van der Waals surface area contributed by atoms with Gasteiger partial charge in [-0.2, -0.15) is 0 Å². The van der Waals surface area contributed by atoms with E-state index in [9.17, 15) is 4.79 Å². The van der Waals surface area contributed by atoms with Crippen molar-refractivity contribution in [1.82, 2.24) is 4.98 Å². The number of halogens is 1. The van der Waals surface area contributed by atoms with Crippen LogP contribution in [0.5, 0.6) is 5.75 Å². The predicted molar refractivity (Wildman–Crippen MR) is 93.3 cm³/mol. The topological polar surface area (TPSA) is 60.5 Å². The summed E-state index contributed by atoms with van der Waals surface area (Å²) in [6.45, 7) is 3.28. The van der Waals surface area contributed by atoms with E-state index in [1.165, 1.54) is 6.20 Å². The van der Waals surface area contributed by atoms with Gasteiger partial charge in [0, 0.05) is 6.20 Å². The maximum atomic E-state index is 11.6. The van der Waals surface area contributed by atoms with E-state index in [0.717, 1.165) is 15.1 Å². The minimum atomic E-state index is -0.355. The van der Waals surface area contributed by atoms with Gasteiger partial charge in [0.15, 0.2) is 0 Å². The molecule has 0 spiro atoms. The maximum absolute atomic E-state index is 11.6. The van der Waals surface area contributed by atoms with Crippen LogP contribution in [0.15, 0.2) is 42.6 Å². The van der Waals surface area contributed by atoms with Gasteiger partial charge in [-0.25, -0.2) is 9.78 Å². The molecule has 0 fully saturated rings. The molecule has 0 saturated carbocycles. The smallest absolute Gasteiger partial charge is 0.339 e. The van der Waals surface area contributed by atoms with Gasteiger partial charge >= 0.3 is 5.97 Å². The van der Waals surface area contributed by atoms with Crippen LogP contribution >= 0.6 is 22.6 Å². The monoisotopic (exact) mass is 412 g/mol. The molecule has 0 aliphatic heterocycles. The summed E-state index contributed by atoms with van der Waals surface area (Å²) in [6, 6.07) is 11.4. The van der Waals surface area contributed by atoms with Crippen LogP contribution in [0.25, 0.3) is 0 Å². The lowest BCUT2D eigenvalue weighted by Gasteiger charge is -2.10. The van der Waals surface area contributed by atoms with Crippen molar-refractivity contribution in [1.29, 1.82) is 0 Å². The summed E-state index contributed by atoms with van der Waals surface area (Å²) in [4.78, 5) is 15.9. The molecule has 0 amide bonds. The zero-order valence-corrected chi connectivity index (χ0v) is 14.4. The highest BCUT2D eigenvalue weighted by molar-refractivity contribution is 14.1. The van der Waals surface area contributed by atoms with E-state index in [2.05, 4.69) is 32.9 Å². The number of ether oxygens (including phenoxy) is 2. The van der Waals surface area contributed by atoms with Crippen LogP contribution in [-0.2, 0) is 4.74 Å². The summed E-state index contributed by atoms with van der Waals surface area (Å²) < 4.78 is 11.4. The van der Waals surface area contributed by atoms with Crippen molar-refractivity contribution < 1.29 is 14.3 Å². The molecular weight excluding hydrogens is 395 g/mol. The summed E-state index contributed by atoms with van der Waals surface area (Å²) in [6.07, 6.45) is 1.51. The minimum Gasteiger partial charge on any atom is -0.492 e. The predicted octanol–water partition coefficient (Wildman–Crippen LogP) is 3.35. The minimum absolute atomic E-state index is 0.353. The summed E-state index contributed by atoms with van der Waals surface area (Å²) in [5, 5.41) is 3.19.